The third-order valence-corrected chi connectivity index (χ3v) is 14.7. The molecule has 13 rings (SSSR count). The van der Waals surface area contributed by atoms with E-state index in [1.165, 1.54) is 83.1 Å². The third-order valence-electron chi connectivity index (χ3n) is 14.7. The smallest absolute Gasteiger partial charge is 0.0713 e. The van der Waals surface area contributed by atoms with Crippen LogP contribution in [0.15, 0.2) is 297 Å². The monoisotopic (exact) mass is 915 g/mol. The number of nitrogens with zero attached hydrogens (tertiary/aromatic N) is 1. The molecular weight excluding hydrogens is 867 g/mol. The van der Waals surface area contributed by atoms with Gasteiger partial charge in [0.15, 0.2) is 0 Å². The van der Waals surface area contributed by atoms with Crippen LogP contribution in [0.25, 0.3) is 77.5 Å². The molecule has 1 nitrogen and oxygen atoms in total. The minimum absolute atomic E-state index is 0.467. The van der Waals surface area contributed by atoms with Crippen molar-refractivity contribution >= 4 is 27.8 Å². The number of anilines is 3. The van der Waals surface area contributed by atoms with Gasteiger partial charge in [-0.25, -0.2) is 0 Å². The predicted molar refractivity (Wildman–Crippen MR) is 303 cm³/mol. The Labute approximate surface area is 422 Å². The highest BCUT2D eigenvalue weighted by Crippen LogP contribution is 2.57. The van der Waals surface area contributed by atoms with Gasteiger partial charge in [-0.05, 0) is 160 Å². The van der Waals surface area contributed by atoms with Crippen LogP contribution in [-0.4, -0.2) is 0 Å². The van der Waals surface area contributed by atoms with Crippen LogP contribution < -0.4 is 4.90 Å². The number of hydrogen-bond acceptors (Lipinski definition) is 1. The van der Waals surface area contributed by atoms with Crippen molar-refractivity contribution in [2.24, 2.45) is 0 Å². The molecule has 0 fully saturated rings. The van der Waals surface area contributed by atoms with E-state index in [9.17, 15) is 0 Å². The van der Waals surface area contributed by atoms with E-state index in [1.807, 2.05) is 0 Å². The van der Waals surface area contributed by atoms with Crippen molar-refractivity contribution < 1.29 is 0 Å². The van der Waals surface area contributed by atoms with Gasteiger partial charge in [-0.3, -0.25) is 0 Å². The Morgan fingerprint density at radius 1 is 0.208 bits per heavy atom. The van der Waals surface area contributed by atoms with E-state index in [1.54, 1.807) is 0 Å². The zero-order valence-electron chi connectivity index (χ0n) is 39.7. The molecule has 0 saturated carbocycles. The maximum Gasteiger partial charge on any atom is 0.0713 e. The second kappa shape index (κ2) is 18.2. The summed E-state index contributed by atoms with van der Waals surface area (Å²) in [5, 5.41) is 2.50. The van der Waals surface area contributed by atoms with E-state index < -0.39 is 5.41 Å². The fourth-order valence-corrected chi connectivity index (χ4v) is 11.3. The first-order valence-corrected chi connectivity index (χ1v) is 24.9. The summed E-state index contributed by atoms with van der Waals surface area (Å²) in [6, 6.07) is 109. The number of hydrogen-bond donors (Lipinski definition) is 0. The van der Waals surface area contributed by atoms with Gasteiger partial charge in [0.2, 0.25) is 0 Å². The third kappa shape index (κ3) is 7.60. The first-order valence-electron chi connectivity index (χ1n) is 24.9. The van der Waals surface area contributed by atoms with Crippen molar-refractivity contribution in [1.82, 2.24) is 0 Å². The average Bonchev–Trinajstić information content (AvgIpc) is 3.76. The Kier molecular flexibility index (Phi) is 10.8. The van der Waals surface area contributed by atoms with E-state index in [4.69, 9.17) is 0 Å². The minimum Gasteiger partial charge on any atom is -0.310 e. The molecule has 72 heavy (non-hydrogen) atoms. The van der Waals surface area contributed by atoms with Gasteiger partial charge in [-0.15, -0.1) is 0 Å². The molecule has 0 aromatic heterocycles. The lowest BCUT2D eigenvalue weighted by Crippen LogP contribution is -2.28. The summed E-state index contributed by atoms with van der Waals surface area (Å²) in [5.41, 5.74) is 22.3. The minimum atomic E-state index is -0.467. The van der Waals surface area contributed by atoms with Gasteiger partial charge >= 0.3 is 0 Å². The van der Waals surface area contributed by atoms with Crippen molar-refractivity contribution in [3.8, 4) is 66.8 Å². The standard InChI is InChI=1S/C71H49N/c1-5-18-50(19-6-1)60-46-61(51-20-7-2-8-21-51)48-66(47-60)72(64-39-34-53(35-40-64)56-24-17-25-57(44-56)58-33-32-52-22-13-14-23-55(52)45-58)65-41-36-54(37-42-65)59-38-43-68-67-30-15-16-31-69(67)71(70(68)49-59,62-26-9-3-10-27-62)63-28-11-4-12-29-63/h1-49H. The zero-order valence-corrected chi connectivity index (χ0v) is 39.7. The lowest BCUT2D eigenvalue weighted by molar-refractivity contribution is 0.769. The number of fused-ring (bicyclic) bond motifs is 4. The summed E-state index contributed by atoms with van der Waals surface area (Å²) in [7, 11) is 0. The molecule has 0 bridgehead atoms. The normalized spacial score (nSPS) is 12.3. The fourth-order valence-electron chi connectivity index (χ4n) is 11.3. The molecular formula is C71H49N. The van der Waals surface area contributed by atoms with Crippen molar-refractivity contribution in [2.75, 3.05) is 4.90 Å². The summed E-state index contributed by atoms with van der Waals surface area (Å²) in [6.45, 7) is 0. The largest absolute Gasteiger partial charge is 0.310 e. The second-order valence-corrected chi connectivity index (χ2v) is 18.9. The van der Waals surface area contributed by atoms with Crippen LogP contribution in [-0.2, 0) is 5.41 Å². The van der Waals surface area contributed by atoms with E-state index in [0.29, 0.717) is 0 Å². The van der Waals surface area contributed by atoms with E-state index >= 15 is 0 Å². The highest BCUT2D eigenvalue weighted by molar-refractivity contribution is 5.91. The van der Waals surface area contributed by atoms with Crippen LogP contribution in [0.2, 0.25) is 0 Å². The first kappa shape index (κ1) is 42.8. The Hall–Kier alpha value is -9.30. The Morgan fingerprint density at radius 3 is 1.21 bits per heavy atom. The molecule has 0 atom stereocenters. The van der Waals surface area contributed by atoms with Gasteiger partial charge in [0.25, 0.3) is 0 Å². The Bertz CT molecular complexity index is 3780. The van der Waals surface area contributed by atoms with Crippen LogP contribution in [0, 0.1) is 0 Å². The molecule has 1 aliphatic carbocycles. The topological polar surface area (TPSA) is 3.24 Å². The molecule has 1 heteroatoms. The second-order valence-electron chi connectivity index (χ2n) is 18.9. The highest BCUT2D eigenvalue weighted by atomic mass is 15.1. The molecule has 1 aliphatic rings. The van der Waals surface area contributed by atoms with Gasteiger partial charge in [0.1, 0.15) is 0 Å². The molecule has 12 aromatic rings. The van der Waals surface area contributed by atoms with Crippen LogP contribution in [0.4, 0.5) is 17.1 Å². The van der Waals surface area contributed by atoms with Crippen LogP contribution in [0.3, 0.4) is 0 Å². The van der Waals surface area contributed by atoms with E-state index in [0.717, 1.165) is 33.8 Å². The molecule has 12 aromatic carbocycles. The van der Waals surface area contributed by atoms with Crippen LogP contribution >= 0.6 is 0 Å². The summed E-state index contributed by atoms with van der Waals surface area (Å²) in [6.07, 6.45) is 0. The molecule has 0 saturated heterocycles. The Morgan fingerprint density at radius 2 is 0.611 bits per heavy atom. The predicted octanol–water partition coefficient (Wildman–Crippen LogP) is 19.0. The molecule has 338 valence electrons. The van der Waals surface area contributed by atoms with Gasteiger partial charge in [0.05, 0.1) is 5.41 Å². The summed E-state index contributed by atoms with van der Waals surface area (Å²) in [5.74, 6) is 0. The van der Waals surface area contributed by atoms with Crippen LogP contribution in [0.1, 0.15) is 22.3 Å². The van der Waals surface area contributed by atoms with Crippen molar-refractivity contribution in [2.45, 2.75) is 5.41 Å². The maximum atomic E-state index is 2.45. The lowest BCUT2D eigenvalue weighted by Gasteiger charge is -2.34. The summed E-state index contributed by atoms with van der Waals surface area (Å²) >= 11 is 0. The SMILES string of the molecule is c1ccc(-c2cc(-c3ccccc3)cc(N(c3ccc(-c4cccc(-c5ccc6ccccc6c5)c4)cc3)c3ccc(-c4ccc5c(c4)C(c4ccccc4)(c4ccccc4)c4ccccc4-5)cc3)c2)cc1. The zero-order chi connectivity index (χ0) is 47.8. The quantitative estimate of drug-likeness (QED) is 0.132. The van der Waals surface area contributed by atoms with E-state index in [2.05, 4.69) is 302 Å². The van der Waals surface area contributed by atoms with Gasteiger partial charge in [-0.1, -0.05) is 237 Å². The highest BCUT2D eigenvalue weighted by Gasteiger charge is 2.46. The first-order chi connectivity index (χ1) is 35.7. The molecule has 0 unspecified atom stereocenters. The summed E-state index contributed by atoms with van der Waals surface area (Å²) in [4.78, 5) is 2.41. The van der Waals surface area contributed by atoms with Crippen molar-refractivity contribution in [1.29, 1.82) is 0 Å². The van der Waals surface area contributed by atoms with Crippen molar-refractivity contribution in [3.05, 3.63) is 320 Å². The molecule has 0 spiro atoms. The molecule has 0 aliphatic heterocycles. The van der Waals surface area contributed by atoms with Crippen LogP contribution in [0.5, 0.6) is 0 Å². The lowest BCUT2D eigenvalue weighted by atomic mass is 9.67. The molecule has 0 N–H and O–H groups in total. The molecule has 0 radical (unpaired) electrons. The maximum absolute atomic E-state index is 2.45. The van der Waals surface area contributed by atoms with Gasteiger partial charge in [0, 0.05) is 17.1 Å². The van der Waals surface area contributed by atoms with E-state index in [-0.39, 0.29) is 0 Å². The number of benzene rings is 12. The average molecular weight is 916 g/mol. The number of rotatable bonds is 10. The molecule has 0 heterocycles. The van der Waals surface area contributed by atoms with Crippen molar-refractivity contribution in [3.63, 3.8) is 0 Å². The molecule has 0 amide bonds. The van der Waals surface area contributed by atoms with Gasteiger partial charge in [-0.2, -0.15) is 0 Å². The Balaban J connectivity index is 0.927. The fraction of sp³-hybridized carbons (Fsp3) is 0.0141. The van der Waals surface area contributed by atoms with Gasteiger partial charge < -0.3 is 4.90 Å². The summed E-state index contributed by atoms with van der Waals surface area (Å²) < 4.78 is 0.